The van der Waals surface area contributed by atoms with Crippen molar-refractivity contribution < 1.29 is 81.8 Å². The van der Waals surface area contributed by atoms with Gasteiger partial charge in [0.2, 0.25) is 0 Å². The Hall–Kier alpha value is -4.32. The minimum absolute atomic E-state index is 0. The molecule has 0 heterocycles. The molecule has 2 rings (SSSR count). The van der Waals surface area contributed by atoms with Gasteiger partial charge < -0.3 is 62.6 Å². The Kier molecular flexibility index (Phi) is 26.0. The topological polar surface area (TPSA) is 348 Å². The van der Waals surface area contributed by atoms with E-state index in [4.69, 9.17) is 73.0 Å². The first-order chi connectivity index (χ1) is 18.5. The van der Waals surface area contributed by atoms with Gasteiger partial charge in [0.1, 0.15) is 0 Å². The second kappa shape index (κ2) is 24.5. The van der Waals surface area contributed by atoms with Gasteiger partial charge in [0.05, 0.1) is 37.9 Å². The fraction of sp³-hybridized carbons (Fsp3) is 0.250. The summed E-state index contributed by atoms with van der Waals surface area (Å²) in [5.74, 6) is -9.66. The van der Waals surface area contributed by atoms with E-state index >= 15 is 0 Å². The molecule has 14 N–H and O–H groups in total. The van der Waals surface area contributed by atoms with E-state index in [1.54, 1.807) is 24.3 Å². The Balaban J connectivity index is -0.000000243. The van der Waals surface area contributed by atoms with Crippen molar-refractivity contribution in [3.63, 3.8) is 0 Å². The van der Waals surface area contributed by atoms with Crippen molar-refractivity contribution in [3.05, 3.63) is 69.7 Å². The highest BCUT2D eigenvalue weighted by molar-refractivity contribution is 6.30. The largest absolute Gasteiger partial charge is 0.543 e. The first-order valence-corrected chi connectivity index (χ1v) is 11.7. The summed E-state index contributed by atoms with van der Waals surface area (Å²) in [5, 5.41) is 51.3. The zero-order chi connectivity index (χ0) is 31.4. The quantitative estimate of drug-likeness (QED) is 0.151. The highest BCUT2D eigenvalue weighted by atomic mass is 35.5. The van der Waals surface area contributed by atoms with Crippen molar-refractivity contribution in [1.82, 2.24) is 0 Å². The van der Waals surface area contributed by atoms with E-state index in [1.807, 2.05) is 24.3 Å². The van der Waals surface area contributed by atoms with E-state index in [9.17, 15) is 9.59 Å². The van der Waals surface area contributed by atoms with Gasteiger partial charge in [-0.05, 0) is 35.4 Å². The second-order valence-electron chi connectivity index (χ2n) is 7.46. The van der Waals surface area contributed by atoms with Crippen molar-refractivity contribution in [2.75, 3.05) is 13.1 Å². The maximum Gasteiger partial charge on any atom is 0.414 e. The van der Waals surface area contributed by atoms with Crippen molar-refractivity contribution in [2.24, 2.45) is 0 Å². The third-order valence-electron chi connectivity index (χ3n) is 4.57. The predicted octanol–water partition coefficient (Wildman–Crippen LogP) is -3.73. The van der Waals surface area contributed by atoms with E-state index in [-0.39, 0.29) is 35.6 Å². The zero-order valence-corrected chi connectivity index (χ0v) is 23.3. The fourth-order valence-electron chi connectivity index (χ4n) is 2.66. The molecular formula is C24H32Cl2N2O14. The van der Waals surface area contributed by atoms with Crippen LogP contribution in [0.2, 0.25) is 10.0 Å². The standard InChI is InChI=1S/2C10H12ClNO2.2C2H2O4.2H2O/c2*11-9-3-1-7(2-4-9)8(6-12)5-10(13)14;2*3-1(4)2(5)6;;/h2*1-4,8H,5-6,12H2,(H,13,14);2*(H,3,4)(H,5,6);2*1H2/t2*8-;;;;/m10..../s1. The zero-order valence-electron chi connectivity index (χ0n) is 21.8. The minimum atomic E-state index is -2.19. The van der Waals surface area contributed by atoms with Gasteiger partial charge in [0.15, 0.2) is 0 Å². The van der Waals surface area contributed by atoms with Crippen LogP contribution in [-0.4, -0.2) is 80.3 Å². The molecule has 16 nitrogen and oxygen atoms in total. The summed E-state index contributed by atoms with van der Waals surface area (Å²) in [6, 6.07) is 14.5. The molecule has 18 heteroatoms. The van der Waals surface area contributed by atoms with Gasteiger partial charge in [-0.1, -0.05) is 47.5 Å². The molecule has 0 aliphatic carbocycles. The summed E-state index contributed by atoms with van der Waals surface area (Å²) < 4.78 is 0. The highest BCUT2D eigenvalue weighted by Gasteiger charge is 2.16. The van der Waals surface area contributed by atoms with Crippen molar-refractivity contribution in [1.29, 1.82) is 0 Å². The van der Waals surface area contributed by atoms with Crippen LogP contribution in [0, 0.1) is 0 Å². The molecule has 236 valence electrons. The monoisotopic (exact) mass is 642 g/mol. The lowest BCUT2D eigenvalue weighted by Gasteiger charge is -2.10. The molecule has 0 fully saturated rings. The summed E-state index contributed by atoms with van der Waals surface area (Å²) >= 11 is 11.5. The average molecular weight is 643 g/mol. The molecule has 2 atom stereocenters. The first-order valence-electron chi connectivity index (χ1n) is 11.0. The second-order valence-corrected chi connectivity index (χ2v) is 8.33. The molecule has 0 unspecified atom stereocenters. The van der Waals surface area contributed by atoms with E-state index in [2.05, 4.69) is 11.5 Å². The number of quaternary nitrogens is 2. The molecule has 0 spiro atoms. The Labute approximate surface area is 248 Å². The molecule has 0 saturated carbocycles. The van der Waals surface area contributed by atoms with E-state index < -0.39 is 35.8 Å². The maximum atomic E-state index is 10.6. The Morgan fingerprint density at radius 3 is 0.976 bits per heavy atom. The molecule has 0 aliphatic heterocycles. The van der Waals surface area contributed by atoms with Gasteiger partial charge in [0, 0.05) is 21.9 Å². The number of aliphatic carboxylic acids is 6. The minimum Gasteiger partial charge on any atom is -0.543 e. The van der Waals surface area contributed by atoms with Gasteiger partial charge in [-0.2, -0.15) is 0 Å². The number of benzene rings is 2. The highest BCUT2D eigenvalue weighted by Crippen LogP contribution is 2.21. The molecule has 0 aliphatic rings. The Morgan fingerprint density at radius 1 is 0.595 bits per heavy atom. The van der Waals surface area contributed by atoms with Crippen LogP contribution in [0.1, 0.15) is 35.8 Å². The van der Waals surface area contributed by atoms with Crippen LogP contribution in [-0.2, 0) is 28.8 Å². The van der Waals surface area contributed by atoms with Gasteiger partial charge in [-0.15, -0.1) is 0 Å². The molecule has 2 aromatic carbocycles. The predicted molar refractivity (Wildman–Crippen MR) is 141 cm³/mol. The van der Waals surface area contributed by atoms with Gasteiger partial charge in [-0.25, -0.2) is 9.59 Å². The summed E-state index contributed by atoms with van der Waals surface area (Å²) in [5.41, 5.74) is 9.44. The molecular weight excluding hydrogens is 611 g/mol. The van der Waals surface area contributed by atoms with E-state index in [0.29, 0.717) is 23.1 Å². The van der Waals surface area contributed by atoms with Crippen LogP contribution in [0.4, 0.5) is 0 Å². The number of carbonyl (C=O) groups is 6. The first kappa shape index (κ1) is 44.7. The van der Waals surface area contributed by atoms with E-state index in [0.717, 1.165) is 11.1 Å². The molecule has 0 saturated heterocycles. The van der Waals surface area contributed by atoms with Gasteiger partial charge in [-0.3, -0.25) is 9.59 Å². The lowest BCUT2D eigenvalue weighted by molar-refractivity contribution is -0.372. The maximum absolute atomic E-state index is 10.6. The van der Waals surface area contributed by atoms with Crippen LogP contribution in [0.25, 0.3) is 0 Å². The van der Waals surface area contributed by atoms with Crippen LogP contribution in [0.15, 0.2) is 48.5 Å². The molecule has 0 radical (unpaired) electrons. The summed E-state index contributed by atoms with van der Waals surface area (Å²) in [4.78, 5) is 57.2. The SMILES string of the molecule is O.O.O=C(O)C(=O)O.O=C([O-])C(=O)[O-].[NH3+]C[C@@H](CC(=O)O)c1ccc(Cl)cc1.[NH3+]C[C@H](CC(=O)O)c1ccc(Cl)cc1. The fourth-order valence-corrected chi connectivity index (χ4v) is 2.92. The molecule has 0 bridgehead atoms. The normalized spacial score (nSPS) is 10.4. The van der Waals surface area contributed by atoms with E-state index in [1.165, 1.54) is 0 Å². The number of carboxylic acids is 6. The molecule has 0 aromatic heterocycles. The van der Waals surface area contributed by atoms with Crippen LogP contribution >= 0.6 is 23.2 Å². The Bertz CT molecular complexity index is 1020. The lowest BCUT2D eigenvalue weighted by Crippen LogP contribution is -2.53. The number of rotatable bonds is 8. The summed E-state index contributed by atoms with van der Waals surface area (Å²) in [7, 11) is 0. The number of carboxylic acid groups (broad SMARTS) is 6. The Morgan fingerprint density at radius 2 is 0.833 bits per heavy atom. The third-order valence-corrected chi connectivity index (χ3v) is 5.08. The number of hydrogen-bond donors (Lipinski definition) is 6. The van der Waals surface area contributed by atoms with Crippen LogP contribution < -0.4 is 21.7 Å². The van der Waals surface area contributed by atoms with Crippen LogP contribution in [0.5, 0.6) is 0 Å². The van der Waals surface area contributed by atoms with Crippen LogP contribution in [0.3, 0.4) is 0 Å². The van der Waals surface area contributed by atoms with Gasteiger partial charge >= 0.3 is 23.9 Å². The van der Waals surface area contributed by atoms with Crippen molar-refractivity contribution in [2.45, 2.75) is 24.7 Å². The third kappa shape index (κ3) is 22.5. The average Bonchev–Trinajstić information content (AvgIpc) is 2.87. The molecule has 2 aromatic rings. The molecule has 42 heavy (non-hydrogen) atoms. The van der Waals surface area contributed by atoms with Gasteiger partial charge in [0.25, 0.3) is 0 Å². The van der Waals surface area contributed by atoms with Crippen molar-refractivity contribution in [3.8, 4) is 0 Å². The summed E-state index contributed by atoms with van der Waals surface area (Å²) in [6.07, 6.45) is 0.232. The molecule has 0 amide bonds. The smallest absolute Gasteiger partial charge is 0.414 e. The lowest BCUT2D eigenvalue weighted by atomic mass is 9.96. The number of hydrogen-bond acceptors (Lipinski definition) is 8. The van der Waals surface area contributed by atoms with Crippen molar-refractivity contribution >= 4 is 59.0 Å². The number of carbonyl (C=O) groups excluding carboxylic acids is 2. The summed E-state index contributed by atoms with van der Waals surface area (Å²) in [6.45, 7) is 1.15. The number of halogens is 2.